The molecule has 8 aromatic carbocycles. The normalized spacial score (nSPS) is 12.9. The molecule has 22 heteroatoms. The third kappa shape index (κ3) is 20.6. The van der Waals surface area contributed by atoms with E-state index in [2.05, 4.69) is 216 Å². The fourth-order valence-electron chi connectivity index (χ4n) is 22.6. The van der Waals surface area contributed by atoms with E-state index < -0.39 is 0 Å². The van der Waals surface area contributed by atoms with Gasteiger partial charge in [0.2, 0.25) is 0 Å². The zero-order valence-corrected chi connectivity index (χ0v) is 91.2. The molecular formula is C124H125N9O4S9. The Morgan fingerprint density at radius 1 is 0.219 bits per heavy atom. The highest BCUT2D eigenvalue weighted by Gasteiger charge is 2.38. The molecule has 2 aliphatic rings. The Balaban J connectivity index is 0.464. The fourth-order valence-corrected chi connectivity index (χ4v) is 31.0. The molecule has 744 valence electrons. The van der Waals surface area contributed by atoms with Gasteiger partial charge in [0.05, 0.1) is 86.9 Å². The van der Waals surface area contributed by atoms with Crippen molar-refractivity contribution in [2.24, 2.45) is 0 Å². The molecular weight excluding hydrogens is 1970 g/mol. The van der Waals surface area contributed by atoms with Gasteiger partial charge in [-0.05, 0) is 228 Å². The van der Waals surface area contributed by atoms with Gasteiger partial charge in [-0.15, -0.1) is 79.4 Å². The summed E-state index contributed by atoms with van der Waals surface area (Å²) in [4.78, 5) is 78.8. The first-order valence-electron chi connectivity index (χ1n) is 53.8. The zero-order chi connectivity index (χ0) is 98.9. The highest BCUT2D eigenvalue weighted by atomic mass is 32.1. The Labute approximate surface area is 893 Å². The summed E-state index contributed by atoms with van der Waals surface area (Å²) in [6.07, 6.45) is 41.2. The van der Waals surface area contributed by atoms with Crippen molar-refractivity contribution in [1.29, 1.82) is 0 Å². The van der Waals surface area contributed by atoms with Gasteiger partial charge >= 0.3 is 0 Å². The second-order valence-corrected chi connectivity index (χ2v) is 48.6. The van der Waals surface area contributed by atoms with Gasteiger partial charge in [0.25, 0.3) is 23.6 Å². The Morgan fingerprint density at radius 2 is 0.493 bits per heavy atom. The van der Waals surface area contributed by atoms with Crippen molar-refractivity contribution in [3.8, 4) is 116 Å². The van der Waals surface area contributed by atoms with Crippen molar-refractivity contribution in [3.63, 3.8) is 0 Å². The number of imide groups is 2. The minimum atomic E-state index is -0.290. The van der Waals surface area contributed by atoms with Crippen LogP contribution in [0.25, 0.3) is 181 Å². The lowest BCUT2D eigenvalue weighted by atomic mass is 9.82. The molecule has 14 heterocycles. The number of carbonyl (C=O) groups excluding carboxylic acids is 4. The van der Waals surface area contributed by atoms with E-state index >= 15 is 9.59 Å². The fraction of sp³-hybridized carbons (Fsp3) is 0.339. The van der Waals surface area contributed by atoms with E-state index in [0.29, 0.717) is 58.7 Å². The van der Waals surface area contributed by atoms with Gasteiger partial charge in [-0.25, -0.2) is 0 Å². The number of hydrogen-bond acceptors (Lipinski definition) is 17. The van der Waals surface area contributed by atoms with Gasteiger partial charge in [-0.2, -0.15) is 17.5 Å². The monoisotopic (exact) mass is 2090 g/mol. The van der Waals surface area contributed by atoms with Crippen LogP contribution in [0.4, 0.5) is 0 Å². The SMILES string of the molecule is CCCCCCCCCCCCn1c(-c2ccc(CCCN3C(=O)c4ccc5c6ccc7c8c(ccc(c9ccc(c4c59)C3=O)c86)C(=O)N(CCCc3ccc(-c4ccc(-c5ccc(-c6ccc(-c8ccc(-c9ccc(-c%10ccc(-c%11ccccc%11)s%10)n9CCCCCCCCCCCC)s8)c8nsnc68)s5)n4CCCCCCCCCCCC)s3)C7=O)s2)ccc1-c1ccc(-c2ccc(-c3cccs3)c3nsnc23)s1. The molecule has 12 aromatic heterocycles. The van der Waals surface area contributed by atoms with Crippen LogP contribution in [0.2, 0.25) is 0 Å². The van der Waals surface area contributed by atoms with Crippen LogP contribution in [0.5, 0.6) is 0 Å². The number of nitrogens with zero attached hydrogens (tertiary/aromatic N) is 9. The molecule has 13 nitrogen and oxygen atoms in total. The summed E-state index contributed by atoms with van der Waals surface area (Å²) < 4.78 is 27.5. The third-order valence-corrected chi connectivity index (χ3v) is 39.2. The van der Waals surface area contributed by atoms with Crippen LogP contribution < -0.4 is 0 Å². The molecule has 0 saturated heterocycles. The van der Waals surface area contributed by atoms with Crippen LogP contribution in [0.15, 0.2) is 230 Å². The first-order chi connectivity index (χ1) is 72.0. The number of benzene rings is 8. The summed E-state index contributed by atoms with van der Waals surface area (Å²) in [6, 6.07) is 80.8. The van der Waals surface area contributed by atoms with Crippen LogP contribution in [0.3, 0.4) is 0 Å². The second-order valence-electron chi connectivity index (χ2n) is 40.0. The van der Waals surface area contributed by atoms with Crippen LogP contribution in [0, 0.1) is 0 Å². The van der Waals surface area contributed by atoms with Crippen molar-refractivity contribution in [1.82, 2.24) is 41.0 Å². The lowest BCUT2D eigenvalue weighted by Crippen LogP contribution is -2.41. The van der Waals surface area contributed by atoms with E-state index in [1.54, 1.807) is 22.7 Å². The van der Waals surface area contributed by atoms with Gasteiger partial charge in [-0.1, -0.05) is 279 Å². The van der Waals surface area contributed by atoms with Crippen molar-refractivity contribution >= 4 is 192 Å². The van der Waals surface area contributed by atoms with Crippen LogP contribution in [-0.4, -0.2) is 77.7 Å². The smallest absolute Gasteiger partial charge is 0.261 e. The predicted molar refractivity (Wildman–Crippen MR) is 624 cm³/mol. The molecule has 0 fully saturated rings. The third-order valence-electron chi connectivity index (χ3n) is 30.3. The van der Waals surface area contributed by atoms with Crippen molar-refractivity contribution in [2.45, 2.75) is 259 Å². The van der Waals surface area contributed by atoms with E-state index in [0.717, 1.165) is 116 Å². The summed E-state index contributed by atoms with van der Waals surface area (Å²) in [5.74, 6) is -1.16. The maximum Gasteiger partial charge on any atom is 0.261 e. The number of fused-ring (bicyclic) bond motifs is 4. The number of amides is 4. The highest BCUT2D eigenvalue weighted by molar-refractivity contribution is 7.20. The molecule has 4 amide bonds. The summed E-state index contributed by atoms with van der Waals surface area (Å²) in [5.41, 5.74) is 19.0. The Kier molecular flexibility index (Phi) is 31.5. The van der Waals surface area contributed by atoms with Crippen LogP contribution in [0.1, 0.15) is 277 Å². The molecule has 0 atom stereocenters. The number of thiophene rings is 7. The first kappa shape index (κ1) is 99.3. The molecule has 22 rings (SSSR count). The molecule has 2 aliphatic heterocycles. The standard InChI is InChI=1S/C124H125N9O4S9/c1-4-7-10-13-16-19-22-25-28-34-75-129-96(59-61-99(129)110-72-68-104(142-110)89-52-51-88(103-44-39-80-138-103)117-118(89)126-145-125-117)107-65-45-82(139-107)42-37-78-132-121(134)92-55-47-84-86-49-57-94-116-95(58-50-87(114(86)116)85-48-56-93(122(132)135)115(92)113(84)85)124(137)133(123(94)136)79-38-43-83-46-66-108(140-83)97-60-62-100(130(97)76-35-29-26-23-20-17-14-11-8-5-2)111-73-69-105(143-111)90-53-54-91(120-119(90)127-146-128-120)106-70-74-112(144-106)101-64-63-98(109-71-67-102(141-109)81-40-32-31-33-41-81)131(101)77-36-30-27-24-21-18-15-12-9-6-3/h31-33,39-41,44-74,80H,4-30,34-38,42-43,75-79H2,1-3H3. The molecule has 20 aromatic rings. The number of hydrogen-bond donors (Lipinski definition) is 0. The Morgan fingerprint density at radius 3 is 0.808 bits per heavy atom. The average Bonchev–Trinajstić information content (AvgIpc) is 1.02. The molecule has 0 unspecified atom stereocenters. The minimum absolute atomic E-state index is 0.277. The molecule has 0 N–H and O–H groups in total. The number of aromatic nitrogens is 7. The predicted octanol–water partition coefficient (Wildman–Crippen LogP) is 38.1. The van der Waals surface area contributed by atoms with E-state index in [1.807, 2.05) is 105 Å². The Bertz CT molecular complexity index is 7830. The average molecular weight is 2090 g/mol. The van der Waals surface area contributed by atoms with Gasteiger partial charge in [-0.3, -0.25) is 29.0 Å². The topological polar surface area (TPSA) is 141 Å². The lowest BCUT2D eigenvalue weighted by molar-refractivity contribution is 0.0593. The lowest BCUT2D eigenvalue weighted by Gasteiger charge is -2.30. The molecule has 0 saturated carbocycles. The Hall–Kier alpha value is -11.3. The summed E-state index contributed by atoms with van der Waals surface area (Å²) >= 11 is 15.3. The van der Waals surface area contributed by atoms with E-state index in [4.69, 9.17) is 17.5 Å². The van der Waals surface area contributed by atoms with E-state index in [9.17, 15) is 9.59 Å². The largest absolute Gasteiger partial charge is 0.339 e. The molecule has 0 aliphatic carbocycles. The molecule has 0 radical (unpaired) electrons. The minimum Gasteiger partial charge on any atom is -0.339 e. The van der Waals surface area contributed by atoms with Crippen LogP contribution in [-0.2, 0) is 32.5 Å². The first-order valence-corrected chi connectivity index (χ1v) is 61.0. The number of carbonyl (C=O) groups is 4. The maximum absolute atomic E-state index is 15.0. The van der Waals surface area contributed by atoms with E-state index in [-0.39, 0.29) is 36.7 Å². The summed E-state index contributed by atoms with van der Waals surface area (Å²) in [7, 11) is 0. The van der Waals surface area contributed by atoms with Gasteiger partial charge < -0.3 is 13.7 Å². The zero-order valence-electron chi connectivity index (χ0n) is 83.8. The van der Waals surface area contributed by atoms with Crippen molar-refractivity contribution in [3.05, 3.63) is 262 Å². The van der Waals surface area contributed by atoms with Crippen molar-refractivity contribution in [2.75, 3.05) is 13.1 Å². The number of aryl methyl sites for hydroxylation is 2. The molecule has 146 heavy (non-hydrogen) atoms. The summed E-state index contributed by atoms with van der Waals surface area (Å²) in [6.45, 7) is 10.2. The quantitative estimate of drug-likeness (QED) is 0.0159. The van der Waals surface area contributed by atoms with Crippen molar-refractivity contribution < 1.29 is 19.2 Å². The highest BCUT2D eigenvalue weighted by Crippen LogP contribution is 2.52. The van der Waals surface area contributed by atoms with Gasteiger partial charge in [0.1, 0.15) is 22.1 Å². The molecule has 0 bridgehead atoms. The van der Waals surface area contributed by atoms with Gasteiger partial charge in [0, 0.05) is 122 Å². The number of rotatable bonds is 52. The van der Waals surface area contributed by atoms with Crippen LogP contribution >= 0.6 is 103 Å². The molecule has 0 spiro atoms. The van der Waals surface area contributed by atoms with E-state index in [1.165, 1.54) is 310 Å². The summed E-state index contributed by atoms with van der Waals surface area (Å²) in [5, 5.41) is 8.64. The van der Waals surface area contributed by atoms with Gasteiger partial charge in [0.15, 0.2) is 0 Å². The number of unbranched alkanes of at least 4 members (excludes halogenated alkanes) is 27. The maximum atomic E-state index is 15.0. The second kappa shape index (κ2) is 46.2.